The van der Waals surface area contributed by atoms with Crippen molar-refractivity contribution in [3.05, 3.63) is 0 Å². The quantitative estimate of drug-likeness (QED) is 0.667. The third-order valence-corrected chi connectivity index (χ3v) is 3.34. The fourth-order valence-electron chi connectivity index (χ4n) is 1.94. The van der Waals surface area contributed by atoms with Gasteiger partial charge in [0.2, 0.25) is 0 Å². The molecule has 0 amide bonds. The van der Waals surface area contributed by atoms with E-state index in [2.05, 4.69) is 13.8 Å². The Morgan fingerprint density at radius 2 is 1.73 bits per heavy atom. The normalized spacial score (nSPS) is 28.0. The molecule has 15 heavy (non-hydrogen) atoms. The van der Waals surface area contributed by atoms with E-state index in [-0.39, 0.29) is 0 Å². The molecule has 90 valence electrons. The number of rotatable bonds is 1. The Labute approximate surface area is 94.3 Å². The maximum absolute atomic E-state index is 5.27. The highest BCUT2D eigenvalue weighted by Crippen LogP contribution is 2.15. The Bertz CT molecular complexity index is 135. The average Bonchev–Trinajstić information content (AvgIpc) is 2.32. The topological polar surface area (TPSA) is 18.5 Å². The second-order valence-corrected chi connectivity index (χ2v) is 4.79. The molecule has 1 atom stereocenters. The van der Waals surface area contributed by atoms with E-state index in [1.54, 1.807) is 0 Å². The van der Waals surface area contributed by atoms with Crippen molar-refractivity contribution in [3.8, 4) is 0 Å². The van der Waals surface area contributed by atoms with Crippen LogP contribution >= 0.6 is 0 Å². The van der Waals surface area contributed by atoms with Gasteiger partial charge in [-0.15, -0.1) is 0 Å². The first-order chi connectivity index (χ1) is 7.33. The lowest BCUT2D eigenvalue weighted by Crippen LogP contribution is -2.15. The van der Waals surface area contributed by atoms with Gasteiger partial charge in [-0.1, -0.05) is 20.3 Å². The van der Waals surface area contributed by atoms with Crippen LogP contribution in [0.4, 0.5) is 0 Å². The van der Waals surface area contributed by atoms with Crippen molar-refractivity contribution >= 4 is 0 Å². The summed E-state index contributed by atoms with van der Waals surface area (Å²) in [5, 5.41) is 0. The first-order valence-corrected chi connectivity index (χ1v) is 6.48. The molecule has 2 saturated heterocycles. The van der Waals surface area contributed by atoms with Gasteiger partial charge < -0.3 is 9.47 Å². The molecule has 0 saturated carbocycles. The molecule has 0 N–H and O–H groups in total. The molecule has 2 rings (SSSR count). The van der Waals surface area contributed by atoms with Gasteiger partial charge in [0.15, 0.2) is 0 Å². The minimum absolute atomic E-state index is 0.865. The van der Waals surface area contributed by atoms with E-state index in [1.807, 2.05) is 0 Å². The Morgan fingerprint density at radius 1 is 1.00 bits per heavy atom. The van der Waals surface area contributed by atoms with Crippen molar-refractivity contribution in [2.75, 3.05) is 26.4 Å². The molecule has 0 aromatic heterocycles. The third kappa shape index (κ3) is 6.16. The van der Waals surface area contributed by atoms with Crippen molar-refractivity contribution < 1.29 is 9.47 Å². The van der Waals surface area contributed by atoms with Crippen LogP contribution in [0, 0.1) is 11.8 Å². The van der Waals surface area contributed by atoms with Crippen LogP contribution in [0.25, 0.3) is 0 Å². The van der Waals surface area contributed by atoms with E-state index >= 15 is 0 Å². The molecule has 2 heteroatoms. The lowest BCUT2D eigenvalue weighted by Gasteiger charge is -2.19. The van der Waals surface area contributed by atoms with E-state index in [0.717, 1.165) is 38.3 Å². The molecular formula is C13H26O2. The average molecular weight is 214 g/mol. The van der Waals surface area contributed by atoms with Crippen LogP contribution in [0.3, 0.4) is 0 Å². The summed E-state index contributed by atoms with van der Waals surface area (Å²) in [7, 11) is 0. The van der Waals surface area contributed by atoms with Crippen LogP contribution in [-0.2, 0) is 9.47 Å². The van der Waals surface area contributed by atoms with Gasteiger partial charge in [-0.3, -0.25) is 0 Å². The zero-order valence-electron chi connectivity index (χ0n) is 10.3. The molecule has 2 nitrogen and oxygen atoms in total. The summed E-state index contributed by atoms with van der Waals surface area (Å²) in [5.41, 5.74) is 0. The minimum atomic E-state index is 0.865. The highest BCUT2D eigenvalue weighted by molar-refractivity contribution is 4.59. The largest absolute Gasteiger partial charge is 0.381 e. The lowest BCUT2D eigenvalue weighted by molar-refractivity contribution is 0.0535. The van der Waals surface area contributed by atoms with Gasteiger partial charge in [-0.25, -0.2) is 0 Å². The molecule has 0 aliphatic carbocycles. The highest BCUT2D eigenvalue weighted by atomic mass is 16.5. The standard InChI is InChI=1S/C7H14O.C6H12O/c1-2-7-4-3-5-8-6-7;1-6-2-4-7-5-3-6/h7H,2-6H2,1H3;6H,2-5H2,1H3. The first kappa shape index (κ1) is 13.0. The summed E-state index contributed by atoms with van der Waals surface area (Å²) in [6.45, 7) is 8.50. The first-order valence-electron chi connectivity index (χ1n) is 6.48. The molecule has 0 spiro atoms. The van der Waals surface area contributed by atoms with Crippen molar-refractivity contribution in [2.45, 2.75) is 46.0 Å². The Hall–Kier alpha value is -0.0800. The molecule has 1 unspecified atom stereocenters. The molecule has 2 aliphatic rings. The smallest absolute Gasteiger partial charge is 0.0494 e. The fourth-order valence-corrected chi connectivity index (χ4v) is 1.94. The van der Waals surface area contributed by atoms with Crippen LogP contribution in [0.1, 0.15) is 46.0 Å². The van der Waals surface area contributed by atoms with Gasteiger partial charge in [0.25, 0.3) is 0 Å². The third-order valence-electron chi connectivity index (χ3n) is 3.34. The van der Waals surface area contributed by atoms with Gasteiger partial charge >= 0.3 is 0 Å². The molecule has 0 bridgehead atoms. The molecule has 2 heterocycles. The monoisotopic (exact) mass is 214 g/mol. The molecule has 0 aromatic carbocycles. The minimum Gasteiger partial charge on any atom is -0.381 e. The van der Waals surface area contributed by atoms with Crippen molar-refractivity contribution in [2.24, 2.45) is 11.8 Å². The summed E-state index contributed by atoms with van der Waals surface area (Å²) >= 11 is 0. The maximum atomic E-state index is 5.27. The van der Waals surface area contributed by atoms with Gasteiger partial charge in [-0.05, 0) is 37.5 Å². The van der Waals surface area contributed by atoms with Gasteiger partial charge in [0.05, 0.1) is 0 Å². The molecule has 0 radical (unpaired) electrons. The van der Waals surface area contributed by atoms with E-state index in [4.69, 9.17) is 9.47 Å². The SMILES string of the molecule is CC1CCOCC1.CCC1CCCOC1. The van der Waals surface area contributed by atoms with Crippen LogP contribution in [0.5, 0.6) is 0 Å². The van der Waals surface area contributed by atoms with Crippen molar-refractivity contribution in [1.29, 1.82) is 0 Å². The van der Waals surface area contributed by atoms with Gasteiger partial charge in [-0.2, -0.15) is 0 Å². The summed E-state index contributed by atoms with van der Waals surface area (Å²) in [5.74, 6) is 1.78. The van der Waals surface area contributed by atoms with Crippen LogP contribution in [-0.4, -0.2) is 26.4 Å². The second kappa shape index (κ2) is 8.12. The molecule has 2 aliphatic heterocycles. The Balaban J connectivity index is 0.000000151. The van der Waals surface area contributed by atoms with E-state index in [9.17, 15) is 0 Å². The molecular weight excluding hydrogens is 188 g/mol. The van der Waals surface area contributed by atoms with Crippen LogP contribution < -0.4 is 0 Å². The zero-order chi connectivity index (χ0) is 10.9. The van der Waals surface area contributed by atoms with E-state index in [0.29, 0.717) is 0 Å². The summed E-state index contributed by atoms with van der Waals surface area (Å²) in [4.78, 5) is 0. The van der Waals surface area contributed by atoms with Gasteiger partial charge in [0.1, 0.15) is 0 Å². The number of ether oxygens (including phenoxy) is 2. The maximum Gasteiger partial charge on any atom is 0.0494 e. The number of hydrogen-bond acceptors (Lipinski definition) is 2. The van der Waals surface area contributed by atoms with Crippen molar-refractivity contribution in [1.82, 2.24) is 0 Å². The summed E-state index contributed by atoms with van der Waals surface area (Å²) in [6.07, 6.45) is 6.48. The van der Waals surface area contributed by atoms with Gasteiger partial charge in [0, 0.05) is 26.4 Å². The lowest BCUT2D eigenvalue weighted by atomic mass is 10.0. The summed E-state index contributed by atoms with van der Waals surface area (Å²) < 4.78 is 10.4. The Morgan fingerprint density at radius 3 is 2.07 bits per heavy atom. The van der Waals surface area contributed by atoms with Crippen LogP contribution in [0.2, 0.25) is 0 Å². The molecule has 2 fully saturated rings. The van der Waals surface area contributed by atoms with E-state index < -0.39 is 0 Å². The fraction of sp³-hybridized carbons (Fsp3) is 1.00. The summed E-state index contributed by atoms with van der Waals surface area (Å²) in [6, 6.07) is 0. The van der Waals surface area contributed by atoms with Crippen molar-refractivity contribution in [3.63, 3.8) is 0 Å². The predicted octanol–water partition coefficient (Wildman–Crippen LogP) is 3.26. The zero-order valence-corrected chi connectivity index (χ0v) is 10.3. The number of hydrogen-bond donors (Lipinski definition) is 0. The highest BCUT2D eigenvalue weighted by Gasteiger charge is 2.10. The Kier molecular flexibility index (Phi) is 7.03. The van der Waals surface area contributed by atoms with E-state index in [1.165, 1.54) is 32.1 Å². The predicted molar refractivity (Wildman–Crippen MR) is 63.1 cm³/mol. The second-order valence-electron chi connectivity index (χ2n) is 4.79. The van der Waals surface area contributed by atoms with Crippen LogP contribution in [0.15, 0.2) is 0 Å². The molecule has 0 aromatic rings.